The lowest BCUT2D eigenvalue weighted by molar-refractivity contribution is 0.189. The first-order valence-electron chi connectivity index (χ1n) is 6.77. The molecule has 16 heavy (non-hydrogen) atoms. The first-order chi connectivity index (χ1) is 7.81. The van der Waals surface area contributed by atoms with Crippen LogP contribution in [0.15, 0.2) is 0 Å². The standard InChI is InChI=1S/C13H25NOS/c1-10-13(6-3-7-16-10)14-8-11-4-2-5-12(11)9-15/h10-15H,2-9H2,1H3. The number of aliphatic hydroxyl groups excluding tert-OH is 1. The zero-order valence-electron chi connectivity index (χ0n) is 10.3. The van der Waals surface area contributed by atoms with E-state index in [2.05, 4.69) is 24.0 Å². The van der Waals surface area contributed by atoms with Gasteiger partial charge in [0.1, 0.15) is 0 Å². The molecule has 0 radical (unpaired) electrons. The van der Waals surface area contributed by atoms with Crippen LogP contribution in [0.2, 0.25) is 0 Å². The van der Waals surface area contributed by atoms with E-state index in [1.54, 1.807) is 0 Å². The number of rotatable bonds is 4. The minimum atomic E-state index is 0.390. The second-order valence-corrected chi connectivity index (χ2v) is 6.85. The van der Waals surface area contributed by atoms with Gasteiger partial charge in [0.25, 0.3) is 0 Å². The van der Waals surface area contributed by atoms with Gasteiger partial charge in [0.2, 0.25) is 0 Å². The Morgan fingerprint density at radius 1 is 1.19 bits per heavy atom. The largest absolute Gasteiger partial charge is 0.396 e. The van der Waals surface area contributed by atoms with E-state index in [1.165, 1.54) is 37.9 Å². The lowest BCUT2D eigenvalue weighted by Gasteiger charge is -2.31. The normalized spacial score (nSPS) is 40.1. The maximum atomic E-state index is 9.29. The van der Waals surface area contributed by atoms with Crippen molar-refractivity contribution in [2.24, 2.45) is 11.8 Å². The maximum absolute atomic E-state index is 9.29. The summed E-state index contributed by atoms with van der Waals surface area (Å²) >= 11 is 2.10. The topological polar surface area (TPSA) is 32.3 Å². The van der Waals surface area contributed by atoms with E-state index in [4.69, 9.17) is 0 Å². The molecule has 0 aromatic rings. The zero-order chi connectivity index (χ0) is 11.4. The molecule has 2 N–H and O–H groups in total. The second-order valence-electron chi connectivity index (χ2n) is 5.37. The van der Waals surface area contributed by atoms with Crippen molar-refractivity contribution in [3.8, 4) is 0 Å². The maximum Gasteiger partial charge on any atom is 0.0462 e. The van der Waals surface area contributed by atoms with Gasteiger partial charge in [-0.1, -0.05) is 13.3 Å². The molecule has 2 rings (SSSR count). The van der Waals surface area contributed by atoms with Gasteiger partial charge in [-0.2, -0.15) is 11.8 Å². The molecule has 2 aliphatic rings. The van der Waals surface area contributed by atoms with E-state index in [9.17, 15) is 5.11 Å². The average molecular weight is 243 g/mol. The van der Waals surface area contributed by atoms with Crippen molar-refractivity contribution in [1.29, 1.82) is 0 Å². The van der Waals surface area contributed by atoms with Crippen LogP contribution in [0.3, 0.4) is 0 Å². The minimum Gasteiger partial charge on any atom is -0.396 e. The second kappa shape index (κ2) is 6.27. The number of thioether (sulfide) groups is 1. The Kier molecular flexibility index (Phi) is 4.98. The molecule has 0 amide bonds. The molecule has 4 unspecified atom stereocenters. The Labute approximate surface area is 104 Å². The molecule has 0 aromatic heterocycles. The van der Waals surface area contributed by atoms with Crippen LogP contribution < -0.4 is 5.32 Å². The fraction of sp³-hybridized carbons (Fsp3) is 1.00. The van der Waals surface area contributed by atoms with E-state index in [0.29, 0.717) is 18.6 Å². The molecule has 1 aliphatic carbocycles. The highest BCUT2D eigenvalue weighted by atomic mass is 32.2. The van der Waals surface area contributed by atoms with Gasteiger partial charge in [-0.15, -0.1) is 0 Å². The van der Waals surface area contributed by atoms with Crippen molar-refractivity contribution < 1.29 is 5.11 Å². The molecular formula is C13H25NOS. The molecule has 1 saturated carbocycles. The minimum absolute atomic E-state index is 0.390. The molecule has 94 valence electrons. The van der Waals surface area contributed by atoms with Gasteiger partial charge in [-0.05, 0) is 49.8 Å². The van der Waals surface area contributed by atoms with Gasteiger partial charge < -0.3 is 10.4 Å². The van der Waals surface area contributed by atoms with Crippen LogP contribution >= 0.6 is 11.8 Å². The summed E-state index contributed by atoms with van der Waals surface area (Å²) < 4.78 is 0. The van der Waals surface area contributed by atoms with E-state index in [-0.39, 0.29) is 0 Å². The smallest absolute Gasteiger partial charge is 0.0462 e. The van der Waals surface area contributed by atoms with Crippen LogP contribution in [0.5, 0.6) is 0 Å². The molecule has 1 aliphatic heterocycles. The van der Waals surface area contributed by atoms with Crippen molar-refractivity contribution in [3.05, 3.63) is 0 Å². The number of aliphatic hydroxyl groups is 1. The van der Waals surface area contributed by atoms with Gasteiger partial charge >= 0.3 is 0 Å². The summed E-state index contributed by atoms with van der Waals surface area (Å²) in [5.74, 6) is 2.63. The fourth-order valence-electron chi connectivity index (χ4n) is 3.12. The summed E-state index contributed by atoms with van der Waals surface area (Å²) in [7, 11) is 0. The van der Waals surface area contributed by atoms with Crippen LogP contribution in [0.4, 0.5) is 0 Å². The highest BCUT2D eigenvalue weighted by Gasteiger charge is 2.28. The monoisotopic (exact) mass is 243 g/mol. The highest BCUT2D eigenvalue weighted by molar-refractivity contribution is 7.99. The average Bonchev–Trinajstić information content (AvgIpc) is 2.75. The summed E-state index contributed by atoms with van der Waals surface area (Å²) in [5, 5.41) is 13.8. The quantitative estimate of drug-likeness (QED) is 0.794. The molecule has 0 aromatic carbocycles. The summed E-state index contributed by atoms with van der Waals surface area (Å²) in [6.45, 7) is 3.86. The van der Waals surface area contributed by atoms with Gasteiger partial charge in [-0.3, -0.25) is 0 Å². The molecule has 1 saturated heterocycles. The van der Waals surface area contributed by atoms with Crippen LogP contribution in [-0.4, -0.2) is 35.3 Å². The molecule has 0 spiro atoms. The molecule has 3 heteroatoms. The number of nitrogens with one attached hydrogen (secondary N) is 1. The Morgan fingerprint density at radius 2 is 2.00 bits per heavy atom. The first-order valence-corrected chi connectivity index (χ1v) is 7.82. The third-order valence-corrected chi connectivity index (χ3v) is 5.68. The fourth-order valence-corrected chi connectivity index (χ4v) is 4.29. The summed E-state index contributed by atoms with van der Waals surface area (Å²) in [6, 6.07) is 0.707. The van der Waals surface area contributed by atoms with Gasteiger partial charge in [0.05, 0.1) is 0 Å². The van der Waals surface area contributed by atoms with Gasteiger partial charge in [-0.25, -0.2) is 0 Å². The summed E-state index contributed by atoms with van der Waals surface area (Å²) in [6.07, 6.45) is 6.56. The molecule has 2 fully saturated rings. The predicted molar refractivity (Wildman–Crippen MR) is 70.9 cm³/mol. The number of hydrogen-bond donors (Lipinski definition) is 2. The van der Waals surface area contributed by atoms with E-state index < -0.39 is 0 Å². The molecular weight excluding hydrogens is 218 g/mol. The SMILES string of the molecule is CC1SCCCC1NCC1CCCC1CO. The molecule has 0 bridgehead atoms. The lowest BCUT2D eigenvalue weighted by atomic mass is 9.96. The van der Waals surface area contributed by atoms with Crippen molar-refractivity contribution in [1.82, 2.24) is 5.32 Å². The third kappa shape index (κ3) is 3.14. The van der Waals surface area contributed by atoms with Crippen molar-refractivity contribution in [3.63, 3.8) is 0 Å². The van der Waals surface area contributed by atoms with Crippen molar-refractivity contribution >= 4 is 11.8 Å². The van der Waals surface area contributed by atoms with Crippen LogP contribution in [0.25, 0.3) is 0 Å². The van der Waals surface area contributed by atoms with E-state index >= 15 is 0 Å². The van der Waals surface area contributed by atoms with Crippen molar-refractivity contribution in [2.75, 3.05) is 18.9 Å². The Bertz CT molecular complexity index is 210. The first kappa shape index (κ1) is 12.7. The Morgan fingerprint density at radius 3 is 2.75 bits per heavy atom. The Hall–Kier alpha value is 0.270. The molecule has 4 atom stereocenters. The molecule has 2 nitrogen and oxygen atoms in total. The third-order valence-electron chi connectivity index (χ3n) is 4.30. The predicted octanol–water partition coefficient (Wildman–Crippen LogP) is 2.27. The number of hydrogen-bond acceptors (Lipinski definition) is 3. The summed E-state index contributed by atoms with van der Waals surface area (Å²) in [5.41, 5.74) is 0. The Balaban J connectivity index is 1.73. The van der Waals surface area contributed by atoms with Gasteiger partial charge in [0, 0.05) is 17.9 Å². The van der Waals surface area contributed by atoms with Gasteiger partial charge in [0.15, 0.2) is 0 Å². The lowest BCUT2D eigenvalue weighted by Crippen LogP contribution is -2.42. The van der Waals surface area contributed by atoms with E-state index in [1.807, 2.05) is 0 Å². The van der Waals surface area contributed by atoms with Crippen LogP contribution in [0, 0.1) is 11.8 Å². The van der Waals surface area contributed by atoms with Crippen LogP contribution in [-0.2, 0) is 0 Å². The molecule has 1 heterocycles. The summed E-state index contributed by atoms with van der Waals surface area (Å²) in [4.78, 5) is 0. The van der Waals surface area contributed by atoms with E-state index in [0.717, 1.165) is 17.7 Å². The highest BCUT2D eigenvalue weighted by Crippen LogP contribution is 2.31. The van der Waals surface area contributed by atoms with Crippen LogP contribution in [0.1, 0.15) is 39.0 Å². The zero-order valence-corrected chi connectivity index (χ0v) is 11.1. The van der Waals surface area contributed by atoms with Crippen molar-refractivity contribution in [2.45, 2.75) is 50.3 Å².